The Balaban J connectivity index is 0.00000144. The van der Waals surface area contributed by atoms with Gasteiger partial charge >= 0.3 is 0 Å². The molecular formula is C10H16ClN3O2S. The van der Waals surface area contributed by atoms with Crippen molar-refractivity contribution >= 4 is 22.2 Å². The Hall–Kier alpha value is -0.720. The molecule has 0 atom stereocenters. The van der Waals surface area contributed by atoms with Gasteiger partial charge in [0, 0.05) is 17.8 Å². The van der Waals surface area contributed by atoms with E-state index in [0.29, 0.717) is 25.2 Å². The van der Waals surface area contributed by atoms with Crippen LogP contribution in [0.15, 0.2) is 12.3 Å². The number of nitrogens with two attached hydrogens (primary N) is 1. The molecule has 1 saturated heterocycles. The first kappa shape index (κ1) is 14.3. The monoisotopic (exact) mass is 277 g/mol. The molecule has 7 heteroatoms. The normalized spacial score (nSPS) is 19.6. The zero-order valence-corrected chi connectivity index (χ0v) is 11.0. The highest BCUT2D eigenvalue weighted by Crippen LogP contribution is 2.27. The van der Waals surface area contributed by atoms with Crippen molar-refractivity contribution in [1.29, 1.82) is 0 Å². The summed E-state index contributed by atoms with van der Waals surface area (Å²) in [5.41, 5.74) is 6.39. The quantitative estimate of drug-likeness (QED) is 0.858. The highest BCUT2D eigenvalue weighted by atomic mass is 35.5. The van der Waals surface area contributed by atoms with Crippen LogP contribution in [0.3, 0.4) is 0 Å². The van der Waals surface area contributed by atoms with Gasteiger partial charge in [-0.2, -0.15) is 0 Å². The first-order valence-electron chi connectivity index (χ1n) is 5.33. The predicted octanol–water partition coefficient (Wildman–Crippen LogP) is 0.649. The molecule has 0 saturated carbocycles. The van der Waals surface area contributed by atoms with Crippen LogP contribution in [0.25, 0.3) is 0 Å². The van der Waals surface area contributed by atoms with E-state index in [2.05, 4.69) is 9.97 Å². The van der Waals surface area contributed by atoms with E-state index in [0.717, 1.165) is 5.69 Å². The summed E-state index contributed by atoms with van der Waals surface area (Å²) in [4.78, 5) is 8.36. The topological polar surface area (TPSA) is 85.9 Å². The van der Waals surface area contributed by atoms with Gasteiger partial charge in [-0.15, -0.1) is 12.4 Å². The van der Waals surface area contributed by atoms with Gasteiger partial charge in [-0.1, -0.05) is 0 Å². The highest BCUT2D eigenvalue weighted by Gasteiger charge is 2.25. The van der Waals surface area contributed by atoms with Crippen LogP contribution in [0, 0.1) is 0 Å². The van der Waals surface area contributed by atoms with E-state index in [1.54, 1.807) is 6.20 Å². The van der Waals surface area contributed by atoms with Gasteiger partial charge in [-0.25, -0.2) is 18.4 Å². The average Bonchev–Trinajstić information content (AvgIpc) is 2.29. The summed E-state index contributed by atoms with van der Waals surface area (Å²) in [6, 6.07) is 1.85. The molecule has 0 amide bonds. The van der Waals surface area contributed by atoms with Gasteiger partial charge in [0.2, 0.25) is 0 Å². The van der Waals surface area contributed by atoms with Crippen molar-refractivity contribution in [3.63, 3.8) is 0 Å². The largest absolute Gasteiger partial charge is 0.324 e. The SMILES string of the molecule is Cl.NCc1nccc(C2CCS(=O)(=O)CC2)n1. The van der Waals surface area contributed by atoms with E-state index >= 15 is 0 Å². The fraction of sp³-hybridized carbons (Fsp3) is 0.600. The van der Waals surface area contributed by atoms with Gasteiger partial charge in [0.1, 0.15) is 15.7 Å². The van der Waals surface area contributed by atoms with Crippen molar-refractivity contribution in [3.05, 3.63) is 23.8 Å². The number of rotatable bonds is 2. The summed E-state index contributed by atoms with van der Waals surface area (Å²) < 4.78 is 22.6. The van der Waals surface area contributed by atoms with Gasteiger partial charge in [0.15, 0.2) is 0 Å². The Morgan fingerprint density at radius 2 is 2.00 bits per heavy atom. The molecule has 0 aromatic carbocycles. The van der Waals surface area contributed by atoms with E-state index in [4.69, 9.17) is 5.73 Å². The maximum Gasteiger partial charge on any atom is 0.150 e. The van der Waals surface area contributed by atoms with Crippen LogP contribution in [-0.4, -0.2) is 29.9 Å². The number of halogens is 1. The second-order valence-electron chi connectivity index (χ2n) is 4.03. The lowest BCUT2D eigenvalue weighted by Gasteiger charge is -2.21. The maximum atomic E-state index is 11.3. The summed E-state index contributed by atoms with van der Waals surface area (Å²) in [6.07, 6.45) is 3.00. The highest BCUT2D eigenvalue weighted by molar-refractivity contribution is 7.91. The van der Waals surface area contributed by atoms with Crippen LogP contribution in [0.1, 0.15) is 30.3 Å². The second kappa shape index (κ2) is 5.75. The first-order valence-corrected chi connectivity index (χ1v) is 7.15. The Labute approximate surface area is 107 Å². The van der Waals surface area contributed by atoms with Gasteiger partial charge in [0.05, 0.1) is 18.1 Å². The van der Waals surface area contributed by atoms with E-state index in [9.17, 15) is 8.42 Å². The molecule has 0 aliphatic carbocycles. The second-order valence-corrected chi connectivity index (χ2v) is 6.33. The summed E-state index contributed by atoms with van der Waals surface area (Å²) in [6.45, 7) is 0.318. The van der Waals surface area contributed by atoms with Crippen LogP contribution < -0.4 is 5.73 Å². The van der Waals surface area contributed by atoms with E-state index in [1.165, 1.54) is 0 Å². The van der Waals surface area contributed by atoms with Crippen molar-refractivity contribution in [2.24, 2.45) is 5.73 Å². The first-order chi connectivity index (χ1) is 7.61. The zero-order valence-electron chi connectivity index (χ0n) is 9.37. The lowest BCUT2D eigenvalue weighted by atomic mass is 9.99. The molecule has 0 spiro atoms. The molecule has 1 aliphatic heterocycles. The molecule has 1 aromatic heterocycles. The number of hydrogen-bond acceptors (Lipinski definition) is 5. The third-order valence-electron chi connectivity index (χ3n) is 2.88. The number of sulfone groups is 1. The van der Waals surface area contributed by atoms with Crippen molar-refractivity contribution in [1.82, 2.24) is 9.97 Å². The molecule has 1 aliphatic rings. The zero-order chi connectivity index (χ0) is 11.6. The molecule has 2 heterocycles. The van der Waals surface area contributed by atoms with Crippen LogP contribution >= 0.6 is 12.4 Å². The minimum absolute atomic E-state index is 0. The summed E-state index contributed by atoms with van der Waals surface area (Å²) >= 11 is 0. The van der Waals surface area contributed by atoms with Crippen LogP contribution in [0.2, 0.25) is 0 Å². The number of aromatic nitrogens is 2. The Morgan fingerprint density at radius 3 is 2.59 bits per heavy atom. The molecule has 2 rings (SSSR count). The van der Waals surface area contributed by atoms with Crippen molar-refractivity contribution in [3.8, 4) is 0 Å². The molecule has 1 aromatic rings. The van der Waals surface area contributed by atoms with Gasteiger partial charge in [-0.3, -0.25) is 0 Å². The third-order valence-corrected chi connectivity index (χ3v) is 4.60. The smallest absolute Gasteiger partial charge is 0.150 e. The molecule has 1 fully saturated rings. The van der Waals surface area contributed by atoms with Crippen molar-refractivity contribution in [2.45, 2.75) is 25.3 Å². The Kier molecular flexibility index (Phi) is 4.85. The summed E-state index contributed by atoms with van der Waals surface area (Å²) in [5.74, 6) is 1.38. The number of hydrogen-bond donors (Lipinski definition) is 1. The molecule has 96 valence electrons. The Morgan fingerprint density at radius 1 is 1.35 bits per heavy atom. The van der Waals surface area contributed by atoms with Crippen molar-refractivity contribution in [2.75, 3.05) is 11.5 Å². The molecule has 5 nitrogen and oxygen atoms in total. The predicted molar refractivity (Wildman–Crippen MR) is 67.8 cm³/mol. The molecule has 0 radical (unpaired) electrons. The standard InChI is InChI=1S/C10H15N3O2S.ClH/c11-7-10-12-4-1-9(13-10)8-2-5-16(14,15)6-3-8;/h1,4,8H,2-3,5-7,11H2;1H. The number of nitrogens with zero attached hydrogens (tertiary/aromatic N) is 2. The van der Waals surface area contributed by atoms with Crippen LogP contribution in [0.5, 0.6) is 0 Å². The summed E-state index contributed by atoms with van der Waals surface area (Å²) in [7, 11) is -2.81. The van der Waals surface area contributed by atoms with Crippen LogP contribution in [0.4, 0.5) is 0 Å². The van der Waals surface area contributed by atoms with Gasteiger partial charge in [0.25, 0.3) is 0 Å². The van der Waals surface area contributed by atoms with E-state index < -0.39 is 9.84 Å². The van der Waals surface area contributed by atoms with Crippen molar-refractivity contribution < 1.29 is 8.42 Å². The third kappa shape index (κ3) is 3.62. The molecule has 0 unspecified atom stereocenters. The maximum absolute atomic E-state index is 11.3. The molecular weight excluding hydrogens is 262 g/mol. The fourth-order valence-corrected chi connectivity index (χ4v) is 3.42. The lowest BCUT2D eigenvalue weighted by Crippen LogP contribution is -2.23. The van der Waals surface area contributed by atoms with Gasteiger partial charge in [-0.05, 0) is 18.9 Å². The molecule has 2 N–H and O–H groups in total. The van der Waals surface area contributed by atoms with Gasteiger partial charge < -0.3 is 5.73 Å². The van der Waals surface area contributed by atoms with Crippen LogP contribution in [-0.2, 0) is 16.4 Å². The lowest BCUT2D eigenvalue weighted by molar-refractivity contribution is 0.542. The van der Waals surface area contributed by atoms with E-state index in [1.807, 2.05) is 6.07 Å². The molecule has 17 heavy (non-hydrogen) atoms. The molecule has 0 bridgehead atoms. The average molecular weight is 278 g/mol. The summed E-state index contributed by atoms with van der Waals surface area (Å²) in [5, 5.41) is 0. The van der Waals surface area contributed by atoms with E-state index in [-0.39, 0.29) is 29.8 Å². The minimum atomic E-state index is -2.81. The Bertz CT molecular complexity index is 464. The minimum Gasteiger partial charge on any atom is -0.324 e. The fourth-order valence-electron chi connectivity index (χ4n) is 1.93.